The van der Waals surface area contributed by atoms with E-state index in [1.54, 1.807) is 6.20 Å². The summed E-state index contributed by atoms with van der Waals surface area (Å²) in [6.07, 6.45) is 5.28. The van der Waals surface area contributed by atoms with E-state index < -0.39 is 0 Å². The van der Waals surface area contributed by atoms with Crippen LogP contribution in [-0.4, -0.2) is 15.3 Å². The largest absolute Gasteiger partial charge is 0.324 e. The molecule has 0 amide bonds. The number of aromatic nitrogens is 2. The molecule has 1 aliphatic carbocycles. The molecule has 3 rings (SSSR count). The quantitative estimate of drug-likeness (QED) is 0.854. The number of Topliss-reactive ketones (excluding diaryl/α,β-unsaturated/α-hetero) is 1. The van der Waals surface area contributed by atoms with Crippen LogP contribution in [0.2, 0.25) is 0 Å². The second-order valence-electron chi connectivity index (χ2n) is 4.49. The number of aryl methyl sites for hydroxylation is 1. The molecule has 1 unspecified atom stereocenters. The van der Waals surface area contributed by atoms with Crippen molar-refractivity contribution in [3.63, 3.8) is 0 Å². The third kappa shape index (κ3) is 1.72. The minimum Gasteiger partial charge on any atom is -0.324 e. The lowest BCUT2D eigenvalue weighted by molar-refractivity contribution is 0.0940. The Kier molecular flexibility index (Phi) is 2.82. The SMILES string of the molecule is CCc1nccn1C1Cc2cc(Br)ccc2C1=O. The van der Waals surface area contributed by atoms with Gasteiger partial charge < -0.3 is 4.57 Å². The van der Waals surface area contributed by atoms with Gasteiger partial charge in [0.15, 0.2) is 5.78 Å². The number of halogens is 1. The Balaban J connectivity index is 2.02. The molecule has 0 saturated carbocycles. The van der Waals surface area contributed by atoms with E-state index in [9.17, 15) is 4.79 Å². The molecule has 1 aliphatic rings. The van der Waals surface area contributed by atoms with E-state index in [1.807, 2.05) is 29.0 Å². The topological polar surface area (TPSA) is 34.9 Å². The van der Waals surface area contributed by atoms with E-state index in [0.717, 1.165) is 34.3 Å². The number of nitrogens with zero attached hydrogens (tertiary/aromatic N) is 2. The number of hydrogen-bond donors (Lipinski definition) is 0. The highest BCUT2D eigenvalue weighted by molar-refractivity contribution is 9.10. The number of hydrogen-bond acceptors (Lipinski definition) is 2. The Morgan fingerprint density at radius 1 is 1.50 bits per heavy atom. The number of rotatable bonds is 2. The van der Waals surface area contributed by atoms with Crippen LogP contribution in [0.5, 0.6) is 0 Å². The zero-order chi connectivity index (χ0) is 12.7. The summed E-state index contributed by atoms with van der Waals surface area (Å²) in [7, 11) is 0. The maximum Gasteiger partial charge on any atom is 0.186 e. The van der Waals surface area contributed by atoms with E-state index in [-0.39, 0.29) is 11.8 Å². The molecule has 0 fully saturated rings. The Bertz CT molecular complexity index is 618. The first-order valence-electron chi connectivity index (χ1n) is 6.05. The maximum atomic E-state index is 12.4. The monoisotopic (exact) mass is 304 g/mol. The predicted octanol–water partition coefficient (Wildman–Crippen LogP) is 3.19. The van der Waals surface area contributed by atoms with Gasteiger partial charge in [-0.25, -0.2) is 4.98 Å². The Labute approximate surface area is 114 Å². The Hall–Kier alpha value is -1.42. The van der Waals surface area contributed by atoms with Gasteiger partial charge in [0.25, 0.3) is 0 Å². The Morgan fingerprint density at radius 3 is 3.11 bits per heavy atom. The van der Waals surface area contributed by atoms with Gasteiger partial charge in [-0.1, -0.05) is 22.9 Å². The van der Waals surface area contributed by atoms with Gasteiger partial charge in [-0.2, -0.15) is 0 Å². The fourth-order valence-electron chi connectivity index (χ4n) is 2.58. The lowest BCUT2D eigenvalue weighted by Gasteiger charge is -2.12. The van der Waals surface area contributed by atoms with Crippen LogP contribution in [0.3, 0.4) is 0 Å². The summed E-state index contributed by atoms with van der Waals surface area (Å²) in [4.78, 5) is 16.7. The molecule has 4 heteroatoms. The predicted molar refractivity (Wildman–Crippen MR) is 72.8 cm³/mol. The molecule has 1 aromatic carbocycles. The van der Waals surface area contributed by atoms with Crippen molar-refractivity contribution in [2.24, 2.45) is 0 Å². The van der Waals surface area contributed by atoms with Crippen LogP contribution in [0, 0.1) is 0 Å². The van der Waals surface area contributed by atoms with Gasteiger partial charge in [-0.05, 0) is 23.8 Å². The first-order chi connectivity index (χ1) is 8.70. The van der Waals surface area contributed by atoms with Gasteiger partial charge >= 0.3 is 0 Å². The van der Waals surface area contributed by atoms with Crippen molar-refractivity contribution in [1.29, 1.82) is 0 Å². The number of fused-ring (bicyclic) bond motifs is 1. The molecule has 0 aliphatic heterocycles. The van der Waals surface area contributed by atoms with Gasteiger partial charge in [0, 0.05) is 35.3 Å². The average Bonchev–Trinajstić information content (AvgIpc) is 2.93. The summed E-state index contributed by atoms with van der Waals surface area (Å²) in [5.41, 5.74) is 1.97. The average molecular weight is 305 g/mol. The summed E-state index contributed by atoms with van der Waals surface area (Å²) < 4.78 is 3.03. The van der Waals surface area contributed by atoms with Crippen molar-refractivity contribution in [3.05, 3.63) is 52.0 Å². The van der Waals surface area contributed by atoms with Crippen molar-refractivity contribution in [1.82, 2.24) is 9.55 Å². The van der Waals surface area contributed by atoms with Crippen molar-refractivity contribution in [2.45, 2.75) is 25.8 Å². The maximum absolute atomic E-state index is 12.4. The summed E-state index contributed by atoms with van der Waals surface area (Å²) in [5.74, 6) is 1.17. The van der Waals surface area contributed by atoms with Crippen LogP contribution < -0.4 is 0 Å². The smallest absolute Gasteiger partial charge is 0.186 e. The van der Waals surface area contributed by atoms with Crippen LogP contribution in [0.25, 0.3) is 0 Å². The lowest BCUT2D eigenvalue weighted by Crippen LogP contribution is -2.17. The van der Waals surface area contributed by atoms with Crippen LogP contribution in [0.4, 0.5) is 0 Å². The fourth-order valence-corrected chi connectivity index (χ4v) is 2.99. The molecule has 1 atom stereocenters. The molecular formula is C14H13BrN2O. The van der Waals surface area contributed by atoms with Gasteiger partial charge in [0.2, 0.25) is 0 Å². The Morgan fingerprint density at radius 2 is 2.33 bits per heavy atom. The van der Waals surface area contributed by atoms with E-state index in [0.29, 0.717) is 0 Å². The number of imidazole rings is 1. The molecule has 0 radical (unpaired) electrons. The highest BCUT2D eigenvalue weighted by Crippen LogP contribution is 2.32. The minimum absolute atomic E-state index is 0.119. The molecule has 3 nitrogen and oxygen atoms in total. The molecule has 2 aromatic rings. The van der Waals surface area contributed by atoms with Crippen molar-refractivity contribution < 1.29 is 4.79 Å². The molecule has 0 N–H and O–H groups in total. The summed E-state index contributed by atoms with van der Waals surface area (Å²) >= 11 is 3.45. The molecule has 1 heterocycles. The number of benzene rings is 1. The van der Waals surface area contributed by atoms with Crippen molar-refractivity contribution in [3.8, 4) is 0 Å². The second-order valence-corrected chi connectivity index (χ2v) is 5.41. The van der Waals surface area contributed by atoms with Crippen LogP contribution >= 0.6 is 15.9 Å². The number of carbonyl (C=O) groups excluding carboxylic acids is 1. The molecule has 92 valence electrons. The third-order valence-corrected chi connectivity index (χ3v) is 3.94. The van der Waals surface area contributed by atoms with E-state index >= 15 is 0 Å². The van der Waals surface area contributed by atoms with E-state index in [2.05, 4.69) is 27.8 Å². The zero-order valence-corrected chi connectivity index (χ0v) is 11.6. The van der Waals surface area contributed by atoms with Gasteiger partial charge in [0.05, 0.1) is 0 Å². The summed E-state index contributed by atoms with van der Waals surface area (Å²) in [5, 5.41) is 0. The summed E-state index contributed by atoms with van der Waals surface area (Å²) in [6, 6.07) is 5.75. The third-order valence-electron chi connectivity index (χ3n) is 3.45. The van der Waals surface area contributed by atoms with E-state index in [1.165, 1.54) is 0 Å². The number of ketones is 1. The molecule has 0 spiro atoms. The van der Waals surface area contributed by atoms with Crippen LogP contribution in [0.1, 0.15) is 34.7 Å². The van der Waals surface area contributed by atoms with Crippen molar-refractivity contribution >= 4 is 21.7 Å². The van der Waals surface area contributed by atoms with E-state index in [4.69, 9.17) is 0 Å². The van der Waals surface area contributed by atoms with Crippen molar-refractivity contribution in [2.75, 3.05) is 0 Å². The first kappa shape index (κ1) is 11.7. The highest BCUT2D eigenvalue weighted by Gasteiger charge is 2.32. The molecule has 18 heavy (non-hydrogen) atoms. The number of carbonyl (C=O) groups is 1. The lowest BCUT2D eigenvalue weighted by atomic mass is 10.1. The fraction of sp³-hybridized carbons (Fsp3) is 0.286. The molecule has 1 aromatic heterocycles. The standard InChI is InChI=1S/C14H13BrN2O/c1-2-13-16-5-6-17(13)12-8-9-7-10(15)3-4-11(9)14(12)18/h3-7,12H,2,8H2,1H3. The van der Waals surface area contributed by atoms with Crippen LogP contribution in [0.15, 0.2) is 35.1 Å². The minimum atomic E-state index is -0.119. The van der Waals surface area contributed by atoms with Gasteiger partial charge in [-0.3, -0.25) is 4.79 Å². The first-order valence-corrected chi connectivity index (χ1v) is 6.84. The normalized spacial score (nSPS) is 18.1. The van der Waals surface area contributed by atoms with Gasteiger partial charge in [-0.15, -0.1) is 0 Å². The zero-order valence-electron chi connectivity index (χ0n) is 10.1. The molecular weight excluding hydrogens is 292 g/mol. The summed E-state index contributed by atoms with van der Waals surface area (Å²) in [6.45, 7) is 2.06. The molecule has 0 bridgehead atoms. The second kappa shape index (κ2) is 4.35. The van der Waals surface area contributed by atoms with Gasteiger partial charge in [0.1, 0.15) is 11.9 Å². The molecule has 0 saturated heterocycles. The highest BCUT2D eigenvalue weighted by atomic mass is 79.9. The van der Waals surface area contributed by atoms with Crippen LogP contribution in [-0.2, 0) is 12.8 Å².